The summed E-state index contributed by atoms with van der Waals surface area (Å²) in [5.41, 5.74) is 4.28. The molecule has 0 saturated carbocycles. The van der Waals surface area contributed by atoms with Crippen molar-refractivity contribution < 1.29 is 23.9 Å². The topological polar surface area (TPSA) is 118 Å². The fraction of sp³-hybridized carbons (Fsp3) is 0.200. The monoisotopic (exact) mass is 432 g/mol. The van der Waals surface area contributed by atoms with Gasteiger partial charge in [-0.15, -0.1) is 0 Å². The smallest absolute Gasteiger partial charge is 0.329 e. The van der Waals surface area contributed by atoms with E-state index in [-0.39, 0.29) is 29.0 Å². The lowest BCUT2D eigenvalue weighted by Crippen LogP contribution is -2.35. The Morgan fingerprint density at radius 3 is 2.47 bits per heavy atom. The highest BCUT2D eigenvalue weighted by molar-refractivity contribution is 6.35. The number of carbonyl (C=O) groups excluding carboxylic acids is 3. The fourth-order valence-corrected chi connectivity index (χ4v) is 2.53. The van der Waals surface area contributed by atoms with Crippen molar-refractivity contribution in [2.75, 3.05) is 26.1 Å². The zero-order chi connectivity index (χ0) is 22.1. The summed E-state index contributed by atoms with van der Waals surface area (Å²) in [7, 11) is 2.75. The lowest BCUT2D eigenvalue weighted by Gasteiger charge is -2.13. The van der Waals surface area contributed by atoms with E-state index in [1.165, 1.54) is 26.4 Å². The molecule has 0 unspecified atom stereocenters. The van der Waals surface area contributed by atoms with E-state index in [1.54, 1.807) is 18.2 Å². The molecule has 2 aromatic rings. The van der Waals surface area contributed by atoms with Gasteiger partial charge in [0.05, 0.1) is 18.3 Å². The van der Waals surface area contributed by atoms with Crippen LogP contribution in [0.3, 0.4) is 0 Å². The summed E-state index contributed by atoms with van der Waals surface area (Å²) in [6, 6.07) is 10.4. The highest BCUT2D eigenvalue weighted by Crippen LogP contribution is 2.36. The normalized spacial score (nSPS) is 10.4. The molecule has 2 rings (SSSR count). The summed E-state index contributed by atoms with van der Waals surface area (Å²) in [5.74, 6) is -1.64. The van der Waals surface area contributed by atoms with Crippen LogP contribution < -0.4 is 25.5 Å². The van der Waals surface area contributed by atoms with Gasteiger partial charge >= 0.3 is 11.8 Å². The number of hydrazone groups is 1. The highest BCUT2D eigenvalue weighted by Gasteiger charge is 2.14. The van der Waals surface area contributed by atoms with Gasteiger partial charge in [0.1, 0.15) is 0 Å². The number of anilines is 1. The largest absolute Gasteiger partial charge is 0.493 e. The molecular weight excluding hydrogens is 412 g/mol. The van der Waals surface area contributed by atoms with Gasteiger partial charge in [0, 0.05) is 12.7 Å². The van der Waals surface area contributed by atoms with Gasteiger partial charge in [-0.25, -0.2) is 5.43 Å². The number of nitrogens with zero attached hydrogens (tertiary/aromatic N) is 1. The van der Waals surface area contributed by atoms with Crippen LogP contribution in [0, 0.1) is 6.92 Å². The van der Waals surface area contributed by atoms with E-state index in [2.05, 4.69) is 21.2 Å². The maximum Gasteiger partial charge on any atom is 0.329 e. The molecule has 0 heterocycles. The van der Waals surface area contributed by atoms with E-state index in [0.717, 1.165) is 5.56 Å². The first-order valence-corrected chi connectivity index (χ1v) is 9.13. The number of amides is 3. The fourth-order valence-electron chi connectivity index (χ4n) is 2.26. The van der Waals surface area contributed by atoms with Crippen molar-refractivity contribution in [3.63, 3.8) is 0 Å². The number of hydrogen-bond acceptors (Lipinski definition) is 6. The summed E-state index contributed by atoms with van der Waals surface area (Å²) in [4.78, 5) is 34.6. The predicted octanol–water partition coefficient (Wildman–Crippen LogP) is 1.87. The SMILES string of the molecule is CNC(=O)C(=O)N/N=C\c1cc(Cl)c(OCC(=O)Nc2ccc(C)cc2)c(OC)c1. The Morgan fingerprint density at radius 1 is 1.13 bits per heavy atom. The Balaban J connectivity index is 2.02. The van der Waals surface area contributed by atoms with Gasteiger partial charge < -0.3 is 20.1 Å². The minimum atomic E-state index is -0.911. The number of benzene rings is 2. The molecule has 0 spiro atoms. The first-order chi connectivity index (χ1) is 14.3. The van der Waals surface area contributed by atoms with Crippen LogP contribution in [0.5, 0.6) is 11.5 Å². The van der Waals surface area contributed by atoms with Crippen molar-refractivity contribution in [1.29, 1.82) is 0 Å². The van der Waals surface area contributed by atoms with Gasteiger partial charge in [0.25, 0.3) is 5.91 Å². The molecule has 0 atom stereocenters. The number of aryl methyl sites for hydroxylation is 1. The van der Waals surface area contributed by atoms with E-state index < -0.39 is 11.8 Å². The number of hydrogen-bond donors (Lipinski definition) is 3. The Bertz CT molecular complexity index is 960. The van der Waals surface area contributed by atoms with Gasteiger partial charge in [0.15, 0.2) is 18.1 Å². The van der Waals surface area contributed by atoms with Gasteiger partial charge in [-0.1, -0.05) is 29.3 Å². The molecule has 0 radical (unpaired) electrons. The average molecular weight is 433 g/mol. The van der Waals surface area contributed by atoms with E-state index >= 15 is 0 Å². The summed E-state index contributed by atoms with van der Waals surface area (Å²) >= 11 is 6.24. The molecule has 0 aliphatic rings. The highest BCUT2D eigenvalue weighted by atomic mass is 35.5. The first-order valence-electron chi connectivity index (χ1n) is 8.76. The number of halogens is 1. The lowest BCUT2D eigenvalue weighted by atomic mass is 10.2. The second kappa shape index (κ2) is 10.8. The van der Waals surface area contributed by atoms with E-state index in [1.807, 2.05) is 19.1 Å². The van der Waals surface area contributed by atoms with Gasteiger partial charge in [-0.05, 0) is 36.8 Å². The number of rotatable bonds is 7. The quantitative estimate of drug-likeness (QED) is 0.350. The van der Waals surface area contributed by atoms with Crippen LogP contribution in [0.15, 0.2) is 41.5 Å². The molecule has 10 heteroatoms. The molecule has 2 aromatic carbocycles. The van der Waals surface area contributed by atoms with Crippen LogP contribution in [-0.2, 0) is 14.4 Å². The number of likely N-dealkylation sites (N-methyl/N-ethyl adjacent to an activating group) is 1. The van der Waals surface area contributed by atoms with Gasteiger partial charge in [-0.3, -0.25) is 14.4 Å². The third kappa shape index (κ3) is 6.49. The van der Waals surface area contributed by atoms with Crippen LogP contribution in [0.4, 0.5) is 5.69 Å². The van der Waals surface area contributed by atoms with E-state index in [4.69, 9.17) is 21.1 Å². The molecular formula is C20H21ClN4O5. The Morgan fingerprint density at radius 2 is 1.83 bits per heavy atom. The zero-order valence-corrected chi connectivity index (χ0v) is 17.4. The zero-order valence-electron chi connectivity index (χ0n) is 16.6. The lowest BCUT2D eigenvalue weighted by molar-refractivity contribution is -0.138. The molecule has 0 bridgehead atoms. The predicted molar refractivity (Wildman–Crippen MR) is 113 cm³/mol. The summed E-state index contributed by atoms with van der Waals surface area (Å²) in [6.07, 6.45) is 1.28. The number of nitrogens with one attached hydrogen (secondary N) is 3. The molecule has 0 aliphatic heterocycles. The molecule has 0 aliphatic carbocycles. The van der Waals surface area contributed by atoms with Crippen LogP contribution in [0.1, 0.15) is 11.1 Å². The Hall–Kier alpha value is -3.59. The summed E-state index contributed by atoms with van der Waals surface area (Å²) in [6.45, 7) is 1.67. The number of carbonyl (C=O) groups is 3. The number of ether oxygens (including phenoxy) is 2. The van der Waals surface area contributed by atoms with Crippen molar-refractivity contribution in [2.45, 2.75) is 6.92 Å². The van der Waals surface area contributed by atoms with Crippen molar-refractivity contribution in [2.24, 2.45) is 5.10 Å². The van der Waals surface area contributed by atoms with Crippen LogP contribution in [-0.4, -0.2) is 44.7 Å². The molecule has 9 nitrogen and oxygen atoms in total. The van der Waals surface area contributed by atoms with Crippen LogP contribution in [0.2, 0.25) is 5.02 Å². The minimum Gasteiger partial charge on any atom is -0.493 e. The molecule has 0 saturated heterocycles. The molecule has 3 N–H and O–H groups in total. The molecule has 158 valence electrons. The molecule has 30 heavy (non-hydrogen) atoms. The first kappa shape index (κ1) is 22.7. The van der Waals surface area contributed by atoms with E-state index in [9.17, 15) is 14.4 Å². The molecule has 3 amide bonds. The van der Waals surface area contributed by atoms with E-state index in [0.29, 0.717) is 11.3 Å². The van der Waals surface area contributed by atoms with Crippen molar-refractivity contribution in [3.05, 3.63) is 52.5 Å². The Labute approximate surface area is 178 Å². The maximum atomic E-state index is 12.1. The second-order valence-electron chi connectivity index (χ2n) is 6.02. The van der Waals surface area contributed by atoms with Crippen molar-refractivity contribution >= 4 is 41.2 Å². The number of methoxy groups -OCH3 is 1. The Kier molecular flexibility index (Phi) is 8.18. The van der Waals surface area contributed by atoms with Crippen molar-refractivity contribution in [1.82, 2.24) is 10.7 Å². The molecule has 0 fully saturated rings. The van der Waals surface area contributed by atoms with Gasteiger partial charge in [-0.2, -0.15) is 5.10 Å². The molecule has 0 aromatic heterocycles. The standard InChI is InChI=1S/C20H21ClN4O5/c1-12-4-6-14(7-5-12)24-17(26)11-30-18-15(21)8-13(9-16(18)29-3)10-23-25-20(28)19(27)22-2/h4-10H,11H2,1-3H3,(H,22,27)(H,24,26)(H,25,28)/b23-10-. The average Bonchev–Trinajstić information content (AvgIpc) is 2.73. The summed E-state index contributed by atoms with van der Waals surface area (Å²) in [5, 5.41) is 8.75. The van der Waals surface area contributed by atoms with Crippen LogP contribution in [0.25, 0.3) is 0 Å². The van der Waals surface area contributed by atoms with Crippen LogP contribution >= 0.6 is 11.6 Å². The van der Waals surface area contributed by atoms with Gasteiger partial charge in [0.2, 0.25) is 0 Å². The maximum absolute atomic E-state index is 12.1. The van der Waals surface area contributed by atoms with Crippen molar-refractivity contribution in [3.8, 4) is 11.5 Å². The summed E-state index contributed by atoms with van der Waals surface area (Å²) < 4.78 is 10.8. The minimum absolute atomic E-state index is 0.177. The third-order valence-electron chi connectivity index (χ3n) is 3.75. The second-order valence-corrected chi connectivity index (χ2v) is 6.42. The third-order valence-corrected chi connectivity index (χ3v) is 4.03.